The van der Waals surface area contributed by atoms with Gasteiger partial charge >= 0.3 is 0 Å². The van der Waals surface area contributed by atoms with Gasteiger partial charge in [-0.15, -0.1) is 0 Å². The number of carbonyl (C=O) groups is 1. The summed E-state index contributed by atoms with van der Waals surface area (Å²) in [4.78, 5) is 16.7. The van der Waals surface area contributed by atoms with Crippen LogP contribution in [-0.2, 0) is 0 Å². The predicted octanol–water partition coefficient (Wildman–Crippen LogP) is 3.18. The van der Waals surface area contributed by atoms with Crippen molar-refractivity contribution in [1.82, 2.24) is 14.7 Å². The average molecular weight is 324 g/mol. The Morgan fingerprint density at radius 2 is 2.11 bits per heavy atom. The molecule has 2 aromatic rings. The summed E-state index contributed by atoms with van der Waals surface area (Å²) < 4.78 is 2.74. The van der Waals surface area contributed by atoms with E-state index in [0.717, 1.165) is 15.8 Å². The molecule has 4 nitrogen and oxygen atoms in total. The Balaban J connectivity index is 2.36. The molecule has 0 saturated carbocycles. The minimum Gasteiger partial charge on any atom is -0.350 e. The number of carbonyl (C=O) groups excluding carboxylic acids is 1. The summed E-state index contributed by atoms with van der Waals surface area (Å²) in [5.74, 6) is -0.0852. The van der Waals surface area contributed by atoms with E-state index in [1.165, 1.54) is 0 Å². The summed E-state index contributed by atoms with van der Waals surface area (Å²) in [5, 5.41) is 2.96. The van der Waals surface area contributed by atoms with Crippen molar-refractivity contribution in [2.75, 3.05) is 6.54 Å². The van der Waals surface area contributed by atoms with Crippen LogP contribution in [0.4, 0.5) is 0 Å². The number of aryl methyl sites for hydroxylation is 1. The van der Waals surface area contributed by atoms with Crippen molar-refractivity contribution in [3.05, 3.63) is 34.2 Å². The van der Waals surface area contributed by atoms with E-state index in [-0.39, 0.29) is 11.3 Å². The lowest BCUT2D eigenvalue weighted by Gasteiger charge is -2.18. The van der Waals surface area contributed by atoms with Crippen molar-refractivity contribution in [1.29, 1.82) is 0 Å². The lowest BCUT2D eigenvalue weighted by atomic mass is 9.97. The second kappa shape index (κ2) is 4.96. The molecule has 1 amide bonds. The topological polar surface area (TPSA) is 46.4 Å². The quantitative estimate of drug-likeness (QED) is 0.922. The van der Waals surface area contributed by atoms with Crippen molar-refractivity contribution in [2.45, 2.75) is 27.7 Å². The summed E-state index contributed by atoms with van der Waals surface area (Å²) >= 11 is 3.42. The van der Waals surface area contributed by atoms with E-state index in [9.17, 15) is 4.79 Å². The van der Waals surface area contributed by atoms with Crippen molar-refractivity contribution in [2.24, 2.45) is 5.41 Å². The third kappa shape index (κ3) is 3.15. The number of hydrogen-bond donors (Lipinski definition) is 1. The maximum Gasteiger partial charge on any atom is 0.270 e. The number of rotatable bonds is 2. The first-order valence-electron chi connectivity index (χ1n) is 6.20. The van der Waals surface area contributed by atoms with Crippen LogP contribution in [0, 0.1) is 12.3 Å². The molecule has 0 aromatic carbocycles. The standard InChI is InChI=1S/C14H18BrN3O/c1-9-12(13(19)16-8-14(2,3)4)18-7-10(15)5-6-11(18)17-9/h5-7H,8H2,1-4H3,(H,16,19). The average Bonchev–Trinajstić information content (AvgIpc) is 2.60. The third-order valence-corrected chi connectivity index (χ3v) is 3.22. The number of pyridine rings is 1. The number of hydrogen-bond acceptors (Lipinski definition) is 2. The summed E-state index contributed by atoms with van der Waals surface area (Å²) in [6, 6.07) is 3.80. The van der Waals surface area contributed by atoms with Crippen LogP contribution in [0.15, 0.2) is 22.8 Å². The molecule has 0 radical (unpaired) electrons. The Labute approximate surface area is 121 Å². The molecule has 2 aromatic heterocycles. The van der Waals surface area contributed by atoms with Gasteiger partial charge in [-0.2, -0.15) is 0 Å². The molecule has 0 atom stereocenters. The molecule has 0 bridgehead atoms. The minimum atomic E-state index is -0.0852. The van der Waals surface area contributed by atoms with Crippen LogP contribution >= 0.6 is 15.9 Å². The predicted molar refractivity (Wildman–Crippen MR) is 79.4 cm³/mol. The van der Waals surface area contributed by atoms with Crippen LogP contribution in [0.5, 0.6) is 0 Å². The van der Waals surface area contributed by atoms with Crippen LogP contribution in [0.2, 0.25) is 0 Å². The van der Waals surface area contributed by atoms with Gasteiger partial charge in [-0.05, 0) is 40.4 Å². The molecule has 5 heteroatoms. The van der Waals surface area contributed by atoms with Crippen LogP contribution in [0.3, 0.4) is 0 Å². The van der Waals surface area contributed by atoms with E-state index >= 15 is 0 Å². The van der Waals surface area contributed by atoms with Gasteiger partial charge in [-0.1, -0.05) is 20.8 Å². The maximum absolute atomic E-state index is 12.3. The number of nitrogens with one attached hydrogen (secondary N) is 1. The fraction of sp³-hybridized carbons (Fsp3) is 0.429. The second-order valence-electron chi connectivity index (χ2n) is 5.86. The van der Waals surface area contributed by atoms with Crippen LogP contribution in [-0.4, -0.2) is 21.8 Å². The van der Waals surface area contributed by atoms with E-state index in [0.29, 0.717) is 12.2 Å². The number of halogens is 1. The zero-order valence-corrected chi connectivity index (χ0v) is 13.2. The van der Waals surface area contributed by atoms with Crippen LogP contribution < -0.4 is 5.32 Å². The number of nitrogens with zero attached hydrogens (tertiary/aromatic N) is 2. The maximum atomic E-state index is 12.3. The smallest absolute Gasteiger partial charge is 0.270 e. The highest BCUT2D eigenvalue weighted by molar-refractivity contribution is 9.10. The summed E-state index contributed by atoms with van der Waals surface area (Å²) in [7, 11) is 0. The summed E-state index contributed by atoms with van der Waals surface area (Å²) in [6.45, 7) is 8.75. The third-order valence-electron chi connectivity index (χ3n) is 2.75. The Kier molecular flexibility index (Phi) is 3.67. The van der Waals surface area contributed by atoms with Gasteiger partial charge in [-0.25, -0.2) is 4.98 Å². The van der Waals surface area contributed by atoms with Gasteiger partial charge in [0.2, 0.25) is 0 Å². The normalized spacial score (nSPS) is 11.8. The first kappa shape index (κ1) is 14.1. The van der Waals surface area contributed by atoms with Gasteiger partial charge in [0.1, 0.15) is 11.3 Å². The van der Waals surface area contributed by atoms with Gasteiger partial charge in [0, 0.05) is 17.2 Å². The van der Waals surface area contributed by atoms with E-state index in [2.05, 4.69) is 47.0 Å². The summed E-state index contributed by atoms with van der Waals surface area (Å²) in [5.41, 5.74) is 2.18. The monoisotopic (exact) mass is 323 g/mol. The van der Waals surface area contributed by atoms with E-state index in [4.69, 9.17) is 0 Å². The molecule has 2 rings (SSSR count). The zero-order chi connectivity index (χ0) is 14.2. The molecule has 0 spiro atoms. The molecule has 0 unspecified atom stereocenters. The van der Waals surface area contributed by atoms with Crippen molar-refractivity contribution in [3.63, 3.8) is 0 Å². The fourth-order valence-electron chi connectivity index (χ4n) is 1.84. The highest BCUT2D eigenvalue weighted by atomic mass is 79.9. The zero-order valence-electron chi connectivity index (χ0n) is 11.6. The molecular weight excluding hydrogens is 306 g/mol. The first-order valence-corrected chi connectivity index (χ1v) is 7.00. The van der Waals surface area contributed by atoms with Crippen LogP contribution in [0.1, 0.15) is 37.0 Å². The van der Waals surface area contributed by atoms with Gasteiger partial charge in [0.05, 0.1) is 5.69 Å². The van der Waals surface area contributed by atoms with Gasteiger partial charge < -0.3 is 5.32 Å². The van der Waals surface area contributed by atoms with Crippen molar-refractivity contribution in [3.8, 4) is 0 Å². The van der Waals surface area contributed by atoms with Crippen molar-refractivity contribution >= 4 is 27.5 Å². The van der Waals surface area contributed by atoms with Crippen molar-refractivity contribution < 1.29 is 4.79 Å². The number of aromatic nitrogens is 2. The lowest BCUT2D eigenvalue weighted by Crippen LogP contribution is -2.33. The largest absolute Gasteiger partial charge is 0.350 e. The molecule has 0 aliphatic heterocycles. The number of fused-ring (bicyclic) bond motifs is 1. The molecule has 0 saturated heterocycles. The Bertz CT molecular complexity index is 625. The Morgan fingerprint density at radius 1 is 1.42 bits per heavy atom. The lowest BCUT2D eigenvalue weighted by molar-refractivity contribution is 0.0932. The van der Waals surface area contributed by atoms with Gasteiger partial charge in [0.25, 0.3) is 5.91 Å². The second-order valence-corrected chi connectivity index (χ2v) is 6.78. The minimum absolute atomic E-state index is 0.0602. The SMILES string of the molecule is Cc1nc2ccc(Br)cn2c1C(=O)NCC(C)(C)C. The Morgan fingerprint density at radius 3 is 2.74 bits per heavy atom. The van der Waals surface area contributed by atoms with E-state index < -0.39 is 0 Å². The van der Waals surface area contributed by atoms with Gasteiger partial charge in [0.15, 0.2) is 0 Å². The van der Waals surface area contributed by atoms with Gasteiger partial charge in [-0.3, -0.25) is 9.20 Å². The molecule has 102 valence electrons. The molecule has 1 N–H and O–H groups in total. The first-order chi connectivity index (χ1) is 8.78. The highest BCUT2D eigenvalue weighted by Gasteiger charge is 2.18. The van der Waals surface area contributed by atoms with Crippen LogP contribution in [0.25, 0.3) is 5.65 Å². The molecular formula is C14H18BrN3O. The molecule has 0 fully saturated rings. The molecule has 0 aliphatic carbocycles. The molecule has 2 heterocycles. The number of imidazole rings is 1. The molecule has 19 heavy (non-hydrogen) atoms. The summed E-state index contributed by atoms with van der Waals surface area (Å²) in [6.07, 6.45) is 1.86. The van der Waals surface area contributed by atoms with E-state index in [1.807, 2.05) is 29.7 Å². The fourth-order valence-corrected chi connectivity index (χ4v) is 2.18. The Hall–Kier alpha value is -1.36. The molecule has 0 aliphatic rings. The highest BCUT2D eigenvalue weighted by Crippen LogP contribution is 2.17. The number of amides is 1. The van der Waals surface area contributed by atoms with E-state index in [1.54, 1.807) is 0 Å².